The summed E-state index contributed by atoms with van der Waals surface area (Å²) in [5.41, 5.74) is 0.931. The number of benzene rings is 1. The summed E-state index contributed by atoms with van der Waals surface area (Å²) < 4.78 is 20.0. The van der Waals surface area contributed by atoms with E-state index in [9.17, 15) is 9.18 Å². The first-order valence-corrected chi connectivity index (χ1v) is 10.2. The lowest BCUT2D eigenvalue weighted by Crippen LogP contribution is -2.50. The van der Waals surface area contributed by atoms with Crippen molar-refractivity contribution in [2.75, 3.05) is 52.9 Å². The van der Waals surface area contributed by atoms with Crippen LogP contribution in [0.4, 0.5) is 4.39 Å². The van der Waals surface area contributed by atoms with Crippen molar-refractivity contribution in [2.45, 2.75) is 18.9 Å². The van der Waals surface area contributed by atoms with E-state index in [0.29, 0.717) is 6.61 Å². The predicted octanol–water partition coefficient (Wildman–Crippen LogP) is 1.99. The van der Waals surface area contributed by atoms with E-state index in [0.717, 1.165) is 56.5 Å². The zero-order valence-corrected chi connectivity index (χ0v) is 15.9. The van der Waals surface area contributed by atoms with Gasteiger partial charge in [0.05, 0.1) is 12.5 Å². The molecule has 5 nitrogen and oxygen atoms in total. The highest BCUT2D eigenvalue weighted by Crippen LogP contribution is 2.49. The molecule has 0 bridgehead atoms. The minimum atomic E-state index is -0.224. The second-order valence-corrected chi connectivity index (χ2v) is 8.73. The third-order valence-electron chi connectivity index (χ3n) is 6.79. The number of rotatable bonds is 3. The molecule has 0 N–H and O–H groups in total. The molecule has 27 heavy (non-hydrogen) atoms. The van der Waals surface area contributed by atoms with Gasteiger partial charge in [0.25, 0.3) is 0 Å². The van der Waals surface area contributed by atoms with Gasteiger partial charge in [0.15, 0.2) is 0 Å². The summed E-state index contributed by atoms with van der Waals surface area (Å²) in [5, 5.41) is 0. The van der Waals surface area contributed by atoms with Crippen molar-refractivity contribution in [3.63, 3.8) is 0 Å². The number of ether oxygens (including phenoxy) is 1. The van der Waals surface area contributed by atoms with E-state index in [-0.39, 0.29) is 29.6 Å². The fourth-order valence-electron chi connectivity index (χ4n) is 5.04. The molecule has 1 saturated carbocycles. The average molecular weight is 373 g/mol. The van der Waals surface area contributed by atoms with Gasteiger partial charge in [-0.15, -0.1) is 0 Å². The Morgan fingerprint density at radius 2 is 2.00 bits per heavy atom. The van der Waals surface area contributed by atoms with E-state index < -0.39 is 0 Å². The number of carbonyl (C=O) groups is 1. The molecule has 1 aliphatic carbocycles. The van der Waals surface area contributed by atoms with Crippen LogP contribution in [0.3, 0.4) is 0 Å². The molecular weight excluding hydrogens is 345 g/mol. The average Bonchev–Trinajstić information content (AvgIpc) is 3.41. The molecule has 4 aliphatic rings. The van der Waals surface area contributed by atoms with Gasteiger partial charge in [0, 0.05) is 56.8 Å². The van der Waals surface area contributed by atoms with Gasteiger partial charge in [-0.25, -0.2) is 4.39 Å². The van der Waals surface area contributed by atoms with Gasteiger partial charge in [-0.1, -0.05) is 0 Å². The zero-order chi connectivity index (χ0) is 18.5. The summed E-state index contributed by atoms with van der Waals surface area (Å²) >= 11 is 0. The molecule has 0 spiro atoms. The van der Waals surface area contributed by atoms with Gasteiger partial charge in [-0.05, 0) is 44.0 Å². The van der Waals surface area contributed by atoms with E-state index in [1.54, 1.807) is 12.1 Å². The van der Waals surface area contributed by atoms with Crippen molar-refractivity contribution in [1.82, 2.24) is 14.7 Å². The molecule has 1 aromatic carbocycles. The second kappa shape index (κ2) is 6.74. The molecule has 6 heteroatoms. The minimum absolute atomic E-state index is 0.0476. The van der Waals surface area contributed by atoms with Crippen molar-refractivity contribution < 1.29 is 13.9 Å². The van der Waals surface area contributed by atoms with E-state index in [4.69, 9.17) is 4.74 Å². The van der Waals surface area contributed by atoms with Crippen molar-refractivity contribution in [2.24, 2.45) is 17.8 Å². The summed E-state index contributed by atoms with van der Waals surface area (Å²) in [4.78, 5) is 20.1. The zero-order valence-electron chi connectivity index (χ0n) is 15.9. The summed E-state index contributed by atoms with van der Waals surface area (Å²) in [7, 11) is 2.10. The minimum Gasteiger partial charge on any atom is -0.493 e. The molecule has 2 saturated heterocycles. The lowest BCUT2D eigenvalue weighted by Gasteiger charge is -2.37. The van der Waals surface area contributed by atoms with E-state index in [1.165, 1.54) is 18.9 Å². The number of halogens is 1. The molecule has 3 atom stereocenters. The standard InChI is InChI=1S/C21H28FN3O2/c1-23-6-8-24(9-7-23)21(26)17-12-25(11-14-2-3-14)20-16-10-15(22)4-5-19(16)27-13-18(17)20/h4-5,10,14,17-18,20H,2-3,6-9,11-13H2,1H3/t17-,18+,20+/m1/s1. The third-order valence-corrected chi connectivity index (χ3v) is 6.79. The van der Waals surface area contributed by atoms with E-state index in [2.05, 4.69) is 16.8 Å². The maximum Gasteiger partial charge on any atom is 0.227 e. The van der Waals surface area contributed by atoms with Crippen LogP contribution in [-0.2, 0) is 4.79 Å². The van der Waals surface area contributed by atoms with Crippen LogP contribution >= 0.6 is 0 Å². The summed E-state index contributed by atoms with van der Waals surface area (Å²) in [6.07, 6.45) is 2.55. The van der Waals surface area contributed by atoms with Crippen molar-refractivity contribution in [1.29, 1.82) is 0 Å². The number of hydrogen-bond acceptors (Lipinski definition) is 4. The van der Waals surface area contributed by atoms with Crippen LogP contribution in [0, 0.1) is 23.6 Å². The molecule has 3 fully saturated rings. The van der Waals surface area contributed by atoms with E-state index >= 15 is 0 Å². The largest absolute Gasteiger partial charge is 0.493 e. The van der Waals surface area contributed by atoms with Gasteiger partial charge in [0.1, 0.15) is 11.6 Å². The maximum atomic E-state index is 14.0. The summed E-state index contributed by atoms with van der Waals surface area (Å²) in [5.74, 6) is 1.63. The number of piperazine rings is 1. The molecule has 0 radical (unpaired) electrons. The second-order valence-electron chi connectivity index (χ2n) is 8.73. The number of likely N-dealkylation sites (N-methyl/N-ethyl adjacent to an activating group) is 1. The predicted molar refractivity (Wildman–Crippen MR) is 100.0 cm³/mol. The molecule has 3 aliphatic heterocycles. The van der Waals surface area contributed by atoms with Crippen molar-refractivity contribution >= 4 is 5.91 Å². The Bertz CT molecular complexity index is 730. The molecule has 1 amide bonds. The number of amides is 1. The Kier molecular flexibility index (Phi) is 4.36. The number of fused-ring (bicyclic) bond motifs is 3. The van der Waals surface area contributed by atoms with Gasteiger partial charge in [-0.3, -0.25) is 9.69 Å². The smallest absolute Gasteiger partial charge is 0.227 e. The van der Waals surface area contributed by atoms with Crippen LogP contribution in [0.25, 0.3) is 0 Å². The first-order valence-electron chi connectivity index (χ1n) is 10.2. The lowest BCUT2D eigenvalue weighted by molar-refractivity contribution is -0.138. The number of hydrogen-bond donors (Lipinski definition) is 0. The summed E-state index contributed by atoms with van der Waals surface area (Å²) in [6, 6.07) is 4.93. The molecule has 0 unspecified atom stereocenters. The first-order chi connectivity index (χ1) is 13.1. The molecular formula is C21H28FN3O2. The number of carbonyl (C=O) groups excluding carboxylic acids is 1. The molecule has 3 heterocycles. The van der Waals surface area contributed by atoms with Crippen LogP contribution in [0.5, 0.6) is 5.75 Å². The highest BCUT2D eigenvalue weighted by molar-refractivity contribution is 5.80. The Hall–Kier alpha value is -1.66. The van der Waals surface area contributed by atoms with Gasteiger partial charge < -0.3 is 14.5 Å². The molecule has 0 aromatic heterocycles. The fourth-order valence-corrected chi connectivity index (χ4v) is 5.04. The summed E-state index contributed by atoms with van der Waals surface area (Å²) in [6.45, 7) is 5.82. The van der Waals surface area contributed by atoms with Gasteiger partial charge >= 0.3 is 0 Å². The Morgan fingerprint density at radius 1 is 1.22 bits per heavy atom. The maximum absolute atomic E-state index is 14.0. The highest BCUT2D eigenvalue weighted by atomic mass is 19.1. The Balaban J connectivity index is 1.42. The van der Waals surface area contributed by atoms with Gasteiger partial charge in [0.2, 0.25) is 5.91 Å². The fraction of sp³-hybridized carbons (Fsp3) is 0.667. The highest BCUT2D eigenvalue weighted by Gasteiger charge is 2.50. The van der Waals surface area contributed by atoms with Crippen LogP contribution in [-0.4, -0.2) is 73.5 Å². The monoisotopic (exact) mass is 373 g/mol. The van der Waals surface area contributed by atoms with Crippen LogP contribution in [0.2, 0.25) is 0 Å². The number of nitrogens with zero attached hydrogens (tertiary/aromatic N) is 3. The number of likely N-dealkylation sites (tertiary alicyclic amines) is 1. The molecule has 1 aromatic rings. The first kappa shape index (κ1) is 17.4. The molecule has 5 rings (SSSR count). The lowest BCUT2D eigenvalue weighted by atomic mass is 9.84. The molecule has 146 valence electrons. The normalized spacial score (nSPS) is 31.3. The Labute approximate surface area is 160 Å². The van der Waals surface area contributed by atoms with E-state index in [1.807, 2.05) is 4.90 Å². The Morgan fingerprint density at radius 3 is 2.74 bits per heavy atom. The van der Waals surface area contributed by atoms with Crippen LogP contribution in [0.1, 0.15) is 24.4 Å². The van der Waals surface area contributed by atoms with Crippen LogP contribution in [0.15, 0.2) is 18.2 Å². The van der Waals surface area contributed by atoms with Crippen molar-refractivity contribution in [3.8, 4) is 5.75 Å². The quantitative estimate of drug-likeness (QED) is 0.812. The van der Waals surface area contributed by atoms with Crippen molar-refractivity contribution in [3.05, 3.63) is 29.6 Å². The topological polar surface area (TPSA) is 36.0 Å². The SMILES string of the molecule is CN1CCN(C(=O)[C@@H]2CN(CC3CC3)[C@H]3c4cc(F)ccc4OC[C@@H]23)CC1. The van der Waals surface area contributed by atoms with Crippen LogP contribution < -0.4 is 4.74 Å². The third kappa shape index (κ3) is 3.23. The van der Waals surface area contributed by atoms with Gasteiger partial charge in [-0.2, -0.15) is 0 Å².